The van der Waals surface area contributed by atoms with Gasteiger partial charge in [0.2, 0.25) is 11.8 Å². The molecule has 1 saturated carbocycles. The van der Waals surface area contributed by atoms with Crippen molar-refractivity contribution in [1.82, 2.24) is 0 Å². The van der Waals surface area contributed by atoms with Crippen LogP contribution in [0, 0.1) is 22.0 Å². The fraction of sp³-hybridized carbons (Fsp3) is 0.391. The van der Waals surface area contributed by atoms with E-state index in [-0.39, 0.29) is 35.0 Å². The summed E-state index contributed by atoms with van der Waals surface area (Å²) in [6.45, 7) is 0.485. The van der Waals surface area contributed by atoms with E-state index in [1.807, 2.05) is 24.3 Å². The molecule has 2 aromatic rings. The van der Waals surface area contributed by atoms with Crippen molar-refractivity contribution in [3.63, 3.8) is 0 Å². The summed E-state index contributed by atoms with van der Waals surface area (Å²) in [5.41, 5.74) is 1.52. The number of fused-ring (bicyclic) bond motifs is 1. The van der Waals surface area contributed by atoms with E-state index in [0.717, 1.165) is 29.1 Å². The largest absolute Gasteiger partial charge is 0.497 e. The maximum absolute atomic E-state index is 12.8. The first-order valence-corrected chi connectivity index (χ1v) is 10.5. The van der Waals surface area contributed by atoms with E-state index in [2.05, 4.69) is 5.32 Å². The Morgan fingerprint density at radius 2 is 1.81 bits per heavy atom. The number of carbonyl (C=O) groups is 2. The van der Waals surface area contributed by atoms with Crippen LogP contribution in [0.4, 0.5) is 17.1 Å². The molecule has 2 amide bonds. The molecule has 8 nitrogen and oxygen atoms in total. The monoisotopic (exact) mass is 423 g/mol. The van der Waals surface area contributed by atoms with Crippen LogP contribution < -0.4 is 15.0 Å². The zero-order valence-electron chi connectivity index (χ0n) is 17.4. The minimum Gasteiger partial charge on any atom is -0.497 e. The Balaban J connectivity index is 1.51. The maximum Gasteiger partial charge on any atom is 0.294 e. The van der Waals surface area contributed by atoms with Gasteiger partial charge in [-0.15, -0.1) is 0 Å². The van der Waals surface area contributed by atoms with Crippen LogP contribution in [0.3, 0.4) is 0 Å². The van der Waals surface area contributed by atoms with E-state index in [1.165, 1.54) is 6.07 Å². The highest BCUT2D eigenvalue weighted by molar-refractivity contribution is 6.22. The van der Waals surface area contributed by atoms with Crippen LogP contribution in [0.15, 0.2) is 42.5 Å². The number of nitro benzene ring substituents is 1. The zero-order valence-corrected chi connectivity index (χ0v) is 17.4. The third kappa shape index (κ3) is 4.10. The average Bonchev–Trinajstić information content (AvgIpc) is 3.04. The minimum atomic E-state index is -0.491. The number of methoxy groups -OCH3 is 1. The Bertz CT molecular complexity index is 998. The molecule has 2 aliphatic rings. The number of hydrogen-bond donors (Lipinski definition) is 1. The third-order valence-electron chi connectivity index (χ3n) is 6.14. The highest BCUT2D eigenvalue weighted by atomic mass is 16.6. The van der Waals surface area contributed by atoms with E-state index in [0.29, 0.717) is 31.5 Å². The summed E-state index contributed by atoms with van der Waals surface area (Å²) in [6.07, 6.45) is 3.94. The van der Waals surface area contributed by atoms with Gasteiger partial charge in [0.1, 0.15) is 11.4 Å². The molecule has 0 aromatic heterocycles. The summed E-state index contributed by atoms with van der Waals surface area (Å²) < 4.78 is 5.21. The van der Waals surface area contributed by atoms with Crippen molar-refractivity contribution in [3.8, 4) is 5.75 Å². The topological polar surface area (TPSA) is 102 Å². The number of nitrogens with one attached hydrogen (secondary N) is 1. The van der Waals surface area contributed by atoms with Gasteiger partial charge in [-0.1, -0.05) is 25.0 Å². The summed E-state index contributed by atoms with van der Waals surface area (Å²) in [4.78, 5) is 38.0. The molecule has 0 radical (unpaired) electrons. The highest BCUT2D eigenvalue weighted by Crippen LogP contribution is 2.41. The van der Waals surface area contributed by atoms with Gasteiger partial charge in [-0.2, -0.15) is 0 Å². The van der Waals surface area contributed by atoms with Crippen LogP contribution in [-0.4, -0.2) is 30.4 Å². The Morgan fingerprint density at radius 1 is 1.10 bits per heavy atom. The Morgan fingerprint density at radius 3 is 2.45 bits per heavy atom. The van der Waals surface area contributed by atoms with Crippen molar-refractivity contribution >= 4 is 28.9 Å². The second-order valence-corrected chi connectivity index (χ2v) is 8.00. The fourth-order valence-electron chi connectivity index (χ4n) is 4.55. The minimum absolute atomic E-state index is 0.154. The Kier molecular flexibility index (Phi) is 5.88. The molecule has 1 heterocycles. The van der Waals surface area contributed by atoms with Gasteiger partial charge in [0.15, 0.2) is 0 Å². The van der Waals surface area contributed by atoms with Gasteiger partial charge in [-0.25, -0.2) is 4.90 Å². The molecule has 8 heteroatoms. The van der Waals surface area contributed by atoms with Gasteiger partial charge >= 0.3 is 0 Å². The fourth-order valence-corrected chi connectivity index (χ4v) is 4.55. The second kappa shape index (κ2) is 8.75. The van der Waals surface area contributed by atoms with Gasteiger partial charge in [0.05, 0.1) is 29.6 Å². The molecule has 162 valence electrons. The molecule has 0 unspecified atom stereocenters. The number of nitro groups is 1. The summed E-state index contributed by atoms with van der Waals surface area (Å²) >= 11 is 0. The van der Waals surface area contributed by atoms with Crippen LogP contribution in [0.1, 0.15) is 31.2 Å². The molecule has 2 aromatic carbocycles. The van der Waals surface area contributed by atoms with Crippen molar-refractivity contribution in [3.05, 3.63) is 58.1 Å². The third-order valence-corrected chi connectivity index (χ3v) is 6.14. The molecule has 2 atom stereocenters. The number of ether oxygens (including phenoxy) is 1. The number of anilines is 2. The predicted octanol–water partition coefficient (Wildman–Crippen LogP) is 3.94. The van der Waals surface area contributed by atoms with Gasteiger partial charge in [-0.3, -0.25) is 19.7 Å². The first kappa shape index (κ1) is 20.8. The standard InChI is InChI=1S/C23H25N3O5/c1-31-17-6-4-5-15(13-17)11-12-24-20-10-9-16(14-21(20)26(29)30)25-22(27)18-7-2-3-8-19(18)23(25)28/h4-6,9-10,13-14,18-19,24H,2-3,7-8,11-12H2,1H3/t18-,19-/m1/s1. The van der Waals surface area contributed by atoms with Crippen molar-refractivity contribution in [2.24, 2.45) is 11.8 Å². The van der Waals surface area contributed by atoms with E-state index in [9.17, 15) is 19.7 Å². The number of benzene rings is 2. The summed E-state index contributed by atoms with van der Waals surface area (Å²) in [7, 11) is 1.60. The van der Waals surface area contributed by atoms with Gasteiger partial charge in [0.25, 0.3) is 5.69 Å². The molecule has 1 saturated heterocycles. The maximum atomic E-state index is 12.8. The first-order chi connectivity index (χ1) is 15.0. The quantitative estimate of drug-likeness (QED) is 0.411. The number of hydrogen-bond acceptors (Lipinski definition) is 6. The van der Waals surface area contributed by atoms with Crippen LogP contribution in [0.5, 0.6) is 5.75 Å². The zero-order chi connectivity index (χ0) is 22.0. The molecule has 2 fully saturated rings. The van der Waals surface area contributed by atoms with Crippen molar-refractivity contribution in [2.75, 3.05) is 23.9 Å². The molecule has 1 aliphatic carbocycles. The average molecular weight is 423 g/mol. The van der Waals surface area contributed by atoms with Crippen molar-refractivity contribution in [1.29, 1.82) is 0 Å². The van der Waals surface area contributed by atoms with Crippen molar-refractivity contribution in [2.45, 2.75) is 32.1 Å². The molecule has 31 heavy (non-hydrogen) atoms. The summed E-state index contributed by atoms with van der Waals surface area (Å²) in [6, 6.07) is 12.1. The predicted molar refractivity (Wildman–Crippen MR) is 116 cm³/mol. The van der Waals surface area contributed by atoms with E-state index in [4.69, 9.17) is 4.74 Å². The second-order valence-electron chi connectivity index (χ2n) is 8.00. The van der Waals surface area contributed by atoms with Crippen LogP contribution >= 0.6 is 0 Å². The Labute approximate surface area is 180 Å². The van der Waals surface area contributed by atoms with Gasteiger partial charge in [-0.05, 0) is 49.1 Å². The lowest BCUT2D eigenvalue weighted by molar-refractivity contribution is -0.383. The number of imide groups is 1. The molecule has 0 bridgehead atoms. The van der Waals surface area contributed by atoms with Crippen LogP contribution in [0.2, 0.25) is 0 Å². The van der Waals surface area contributed by atoms with Gasteiger partial charge < -0.3 is 10.1 Å². The molecule has 1 aliphatic heterocycles. The number of rotatable bonds is 7. The smallest absolute Gasteiger partial charge is 0.294 e. The number of nitrogens with zero attached hydrogens (tertiary/aromatic N) is 2. The van der Waals surface area contributed by atoms with Crippen LogP contribution in [-0.2, 0) is 16.0 Å². The summed E-state index contributed by atoms with van der Waals surface area (Å²) in [5.74, 6) is -0.291. The lowest BCUT2D eigenvalue weighted by Crippen LogP contribution is -2.30. The van der Waals surface area contributed by atoms with Crippen molar-refractivity contribution < 1.29 is 19.2 Å². The summed E-state index contributed by atoms with van der Waals surface area (Å²) in [5, 5.41) is 14.8. The Hall–Kier alpha value is -3.42. The molecule has 1 N–H and O–H groups in total. The highest BCUT2D eigenvalue weighted by Gasteiger charge is 2.49. The van der Waals surface area contributed by atoms with Crippen LogP contribution in [0.25, 0.3) is 0 Å². The van der Waals surface area contributed by atoms with E-state index >= 15 is 0 Å². The number of amides is 2. The normalized spacial score (nSPS) is 20.5. The van der Waals surface area contributed by atoms with E-state index in [1.54, 1.807) is 19.2 Å². The first-order valence-electron chi connectivity index (χ1n) is 10.5. The molecule has 4 rings (SSSR count). The number of carbonyl (C=O) groups excluding carboxylic acids is 2. The van der Waals surface area contributed by atoms with Gasteiger partial charge in [0, 0.05) is 12.6 Å². The lowest BCUT2D eigenvalue weighted by Gasteiger charge is -2.19. The molecular weight excluding hydrogens is 398 g/mol. The van der Waals surface area contributed by atoms with E-state index < -0.39 is 4.92 Å². The lowest BCUT2D eigenvalue weighted by atomic mass is 9.81. The SMILES string of the molecule is COc1cccc(CCNc2ccc(N3C(=O)[C@@H]4CCCC[C@H]4C3=O)cc2[N+](=O)[O-])c1. The molecule has 0 spiro atoms. The molecular formula is C23H25N3O5.